The van der Waals surface area contributed by atoms with E-state index in [1.54, 1.807) is 17.7 Å². The van der Waals surface area contributed by atoms with Gasteiger partial charge in [0.2, 0.25) is 0 Å². The zero-order chi connectivity index (χ0) is 12.3. The van der Waals surface area contributed by atoms with Crippen molar-refractivity contribution in [2.75, 3.05) is 6.54 Å². The minimum absolute atomic E-state index is 0.365. The first kappa shape index (κ1) is 12.3. The predicted molar refractivity (Wildman–Crippen MR) is 70.3 cm³/mol. The second kappa shape index (κ2) is 5.42. The number of aromatic amines is 1. The molecule has 0 aliphatic heterocycles. The topological polar surface area (TPSA) is 53.6 Å². The molecular weight excluding hydrogens is 232 g/mol. The van der Waals surface area contributed by atoms with E-state index in [0.717, 1.165) is 23.7 Å². The van der Waals surface area contributed by atoms with Gasteiger partial charge in [-0.05, 0) is 20.8 Å². The summed E-state index contributed by atoms with van der Waals surface area (Å²) in [5.74, 6) is 0. The van der Waals surface area contributed by atoms with E-state index in [1.807, 2.05) is 6.20 Å². The van der Waals surface area contributed by atoms with Gasteiger partial charge in [0.05, 0.1) is 17.0 Å². The number of aromatic nitrogens is 3. The zero-order valence-electron chi connectivity index (χ0n) is 10.4. The Balaban J connectivity index is 1.85. The SMILES string of the molecule is Cc1nc(C)c(C(C)NCCc2cnc[nH]2)s1. The minimum atomic E-state index is 0.365. The molecule has 2 heterocycles. The van der Waals surface area contributed by atoms with Gasteiger partial charge in [-0.1, -0.05) is 0 Å². The molecule has 0 amide bonds. The van der Waals surface area contributed by atoms with Crippen molar-refractivity contribution in [3.05, 3.63) is 33.8 Å². The van der Waals surface area contributed by atoms with Crippen LogP contribution in [0.25, 0.3) is 0 Å². The summed E-state index contributed by atoms with van der Waals surface area (Å²) in [6, 6.07) is 0.365. The first-order valence-electron chi connectivity index (χ1n) is 5.81. The third-order valence-corrected chi connectivity index (χ3v) is 3.99. The average molecular weight is 250 g/mol. The lowest BCUT2D eigenvalue weighted by atomic mass is 10.2. The van der Waals surface area contributed by atoms with E-state index in [4.69, 9.17) is 0 Å². The molecule has 0 fully saturated rings. The maximum Gasteiger partial charge on any atom is 0.0921 e. The van der Waals surface area contributed by atoms with Crippen molar-refractivity contribution in [1.29, 1.82) is 0 Å². The lowest BCUT2D eigenvalue weighted by molar-refractivity contribution is 0.579. The van der Waals surface area contributed by atoms with E-state index < -0.39 is 0 Å². The largest absolute Gasteiger partial charge is 0.348 e. The van der Waals surface area contributed by atoms with Crippen molar-refractivity contribution in [1.82, 2.24) is 20.3 Å². The highest BCUT2D eigenvalue weighted by Crippen LogP contribution is 2.24. The number of rotatable bonds is 5. The van der Waals surface area contributed by atoms with E-state index in [0.29, 0.717) is 6.04 Å². The van der Waals surface area contributed by atoms with Crippen LogP contribution in [-0.4, -0.2) is 21.5 Å². The Bertz CT molecular complexity index is 461. The van der Waals surface area contributed by atoms with Gasteiger partial charge in [-0.2, -0.15) is 0 Å². The smallest absolute Gasteiger partial charge is 0.0921 e. The highest BCUT2D eigenvalue weighted by atomic mass is 32.1. The third kappa shape index (κ3) is 3.14. The van der Waals surface area contributed by atoms with E-state index in [2.05, 4.69) is 41.0 Å². The second-order valence-electron chi connectivity index (χ2n) is 4.19. The van der Waals surface area contributed by atoms with Gasteiger partial charge < -0.3 is 10.3 Å². The number of hydrogen-bond donors (Lipinski definition) is 2. The standard InChI is InChI=1S/C12H18N4S/c1-8(12-9(2)16-10(3)17-12)14-5-4-11-6-13-7-15-11/h6-8,14H,4-5H2,1-3H3,(H,13,15). The van der Waals surface area contributed by atoms with Crippen molar-refractivity contribution in [2.45, 2.75) is 33.2 Å². The Labute approximate surface area is 106 Å². The number of imidazole rings is 1. The molecule has 0 aromatic carbocycles. The number of hydrogen-bond acceptors (Lipinski definition) is 4. The van der Waals surface area contributed by atoms with Crippen LogP contribution in [-0.2, 0) is 6.42 Å². The highest BCUT2D eigenvalue weighted by Gasteiger charge is 2.11. The van der Waals surface area contributed by atoms with Crippen LogP contribution in [0.5, 0.6) is 0 Å². The summed E-state index contributed by atoms with van der Waals surface area (Å²) in [7, 11) is 0. The number of H-pyrrole nitrogens is 1. The van der Waals surface area contributed by atoms with Crippen molar-refractivity contribution in [2.24, 2.45) is 0 Å². The first-order chi connectivity index (χ1) is 8.16. The molecule has 4 nitrogen and oxygen atoms in total. The van der Waals surface area contributed by atoms with Crippen molar-refractivity contribution < 1.29 is 0 Å². The van der Waals surface area contributed by atoms with Gasteiger partial charge in [0.1, 0.15) is 0 Å². The van der Waals surface area contributed by atoms with Gasteiger partial charge in [0.15, 0.2) is 0 Å². The summed E-state index contributed by atoms with van der Waals surface area (Å²) in [6.07, 6.45) is 4.56. The highest BCUT2D eigenvalue weighted by molar-refractivity contribution is 7.11. The Morgan fingerprint density at radius 1 is 1.47 bits per heavy atom. The minimum Gasteiger partial charge on any atom is -0.348 e. The van der Waals surface area contributed by atoms with E-state index in [9.17, 15) is 0 Å². The Kier molecular flexibility index (Phi) is 3.91. The van der Waals surface area contributed by atoms with Crippen molar-refractivity contribution in [3.8, 4) is 0 Å². The molecule has 1 unspecified atom stereocenters. The quantitative estimate of drug-likeness (QED) is 0.856. The van der Waals surface area contributed by atoms with E-state index in [1.165, 1.54) is 10.6 Å². The fraction of sp³-hybridized carbons (Fsp3) is 0.500. The van der Waals surface area contributed by atoms with Crippen LogP contribution in [0.4, 0.5) is 0 Å². The molecule has 2 rings (SSSR count). The van der Waals surface area contributed by atoms with Crippen molar-refractivity contribution in [3.63, 3.8) is 0 Å². The van der Waals surface area contributed by atoms with Crippen LogP contribution in [0.3, 0.4) is 0 Å². The Morgan fingerprint density at radius 2 is 2.29 bits per heavy atom. The monoisotopic (exact) mass is 250 g/mol. The Hall–Kier alpha value is -1.20. The maximum absolute atomic E-state index is 4.45. The molecule has 0 saturated heterocycles. The summed E-state index contributed by atoms with van der Waals surface area (Å²) >= 11 is 1.78. The molecule has 0 aliphatic carbocycles. The number of aryl methyl sites for hydroxylation is 2. The summed E-state index contributed by atoms with van der Waals surface area (Å²) in [4.78, 5) is 12.9. The van der Waals surface area contributed by atoms with Crippen molar-refractivity contribution >= 4 is 11.3 Å². The van der Waals surface area contributed by atoms with Gasteiger partial charge >= 0.3 is 0 Å². The van der Waals surface area contributed by atoms with Gasteiger partial charge in [-0.3, -0.25) is 0 Å². The molecule has 2 N–H and O–H groups in total. The summed E-state index contributed by atoms with van der Waals surface area (Å²) in [6.45, 7) is 7.26. The summed E-state index contributed by atoms with van der Waals surface area (Å²) < 4.78 is 0. The summed E-state index contributed by atoms with van der Waals surface area (Å²) in [5, 5.41) is 4.65. The van der Waals surface area contributed by atoms with Gasteiger partial charge in [0.25, 0.3) is 0 Å². The van der Waals surface area contributed by atoms with E-state index in [-0.39, 0.29) is 0 Å². The predicted octanol–water partition coefficient (Wildman–Crippen LogP) is 2.38. The number of nitrogens with one attached hydrogen (secondary N) is 2. The second-order valence-corrected chi connectivity index (χ2v) is 5.42. The molecule has 17 heavy (non-hydrogen) atoms. The summed E-state index contributed by atoms with van der Waals surface area (Å²) in [5.41, 5.74) is 2.32. The third-order valence-electron chi connectivity index (χ3n) is 2.73. The lowest BCUT2D eigenvalue weighted by Crippen LogP contribution is -2.21. The molecule has 2 aromatic heterocycles. The molecule has 92 valence electrons. The van der Waals surface area contributed by atoms with Gasteiger partial charge in [0, 0.05) is 35.8 Å². The normalized spacial score (nSPS) is 12.9. The number of thiazole rings is 1. The molecule has 0 bridgehead atoms. The van der Waals surface area contributed by atoms with Crippen LogP contribution in [0.2, 0.25) is 0 Å². The fourth-order valence-electron chi connectivity index (χ4n) is 1.89. The van der Waals surface area contributed by atoms with Gasteiger partial charge in [-0.25, -0.2) is 9.97 Å². The lowest BCUT2D eigenvalue weighted by Gasteiger charge is -2.12. The molecule has 0 aliphatic rings. The van der Waals surface area contributed by atoms with Crippen LogP contribution < -0.4 is 5.32 Å². The molecular formula is C12H18N4S. The van der Waals surface area contributed by atoms with Crippen LogP contribution in [0, 0.1) is 13.8 Å². The van der Waals surface area contributed by atoms with Crippen LogP contribution in [0.1, 0.15) is 34.2 Å². The molecule has 0 saturated carbocycles. The Morgan fingerprint density at radius 3 is 2.88 bits per heavy atom. The fourth-order valence-corrected chi connectivity index (χ4v) is 2.84. The molecule has 1 atom stereocenters. The first-order valence-corrected chi connectivity index (χ1v) is 6.63. The molecule has 0 spiro atoms. The molecule has 5 heteroatoms. The van der Waals surface area contributed by atoms with Crippen LogP contribution in [0.15, 0.2) is 12.5 Å². The van der Waals surface area contributed by atoms with Crippen LogP contribution >= 0.6 is 11.3 Å². The maximum atomic E-state index is 4.45. The zero-order valence-corrected chi connectivity index (χ0v) is 11.3. The number of nitrogens with zero attached hydrogens (tertiary/aromatic N) is 2. The average Bonchev–Trinajstić information content (AvgIpc) is 2.88. The molecule has 2 aromatic rings. The molecule has 0 radical (unpaired) electrons. The van der Waals surface area contributed by atoms with Gasteiger partial charge in [-0.15, -0.1) is 11.3 Å². The van der Waals surface area contributed by atoms with E-state index >= 15 is 0 Å².